The molecule has 3 nitrogen and oxygen atoms in total. The zero-order valence-corrected chi connectivity index (χ0v) is 13.7. The normalized spacial score (nSPS) is 51.3. The van der Waals surface area contributed by atoms with E-state index in [0.717, 1.165) is 25.7 Å². The molecule has 22 heavy (non-hydrogen) atoms. The molecule has 0 aromatic rings. The molecule has 3 heteroatoms. The van der Waals surface area contributed by atoms with Crippen LogP contribution in [0.25, 0.3) is 0 Å². The van der Waals surface area contributed by atoms with Crippen LogP contribution in [-0.2, 0) is 14.4 Å². The summed E-state index contributed by atoms with van der Waals surface area (Å²) in [5.74, 6) is 2.29. The molecule has 0 amide bonds. The highest BCUT2D eigenvalue weighted by Crippen LogP contribution is 2.64. The molecule has 0 aromatic heterocycles. The predicted octanol–water partition coefficient (Wildman–Crippen LogP) is 3.35. The first kappa shape index (κ1) is 14.6. The van der Waals surface area contributed by atoms with Crippen LogP contribution in [0.5, 0.6) is 0 Å². The molecule has 0 bridgehead atoms. The van der Waals surface area contributed by atoms with Crippen molar-refractivity contribution in [2.24, 2.45) is 34.5 Å². The second kappa shape index (κ2) is 4.52. The molecule has 4 aliphatic rings. The second-order valence-corrected chi connectivity index (χ2v) is 8.79. The summed E-state index contributed by atoms with van der Waals surface area (Å²) in [5, 5.41) is 0. The fraction of sp³-hybridized carbons (Fsp3) is 0.842. The summed E-state index contributed by atoms with van der Waals surface area (Å²) < 4.78 is 0. The third-order valence-electron chi connectivity index (χ3n) is 7.88. The summed E-state index contributed by atoms with van der Waals surface area (Å²) in [6.45, 7) is 4.30. The molecule has 0 saturated heterocycles. The lowest BCUT2D eigenvalue weighted by atomic mass is 9.45. The van der Waals surface area contributed by atoms with Crippen molar-refractivity contribution in [2.45, 2.75) is 65.2 Å². The van der Waals surface area contributed by atoms with Crippen LogP contribution in [-0.4, -0.2) is 17.3 Å². The van der Waals surface area contributed by atoms with E-state index in [1.807, 2.05) is 6.92 Å². The molecule has 120 valence electrons. The topological polar surface area (TPSA) is 51.2 Å². The van der Waals surface area contributed by atoms with Crippen molar-refractivity contribution in [1.82, 2.24) is 0 Å². The third-order valence-corrected chi connectivity index (χ3v) is 7.88. The molecule has 0 N–H and O–H groups in total. The van der Waals surface area contributed by atoms with Crippen molar-refractivity contribution >= 4 is 17.3 Å². The largest absolute Gasteiger partial charge is 0.300 e. The van der Waals surface area contributed by atoms with Crippen LogP contribution in [0.1, 0.15) is 65.2 Å². The van der Waals surface area contributed by atoms with E-state index in [0.29, 0.717) is 60.8 Å². The monoisotopic (exact) mass is 302 g/mol. The quantitative estimate of drug-likeness (QED) is 0.689. The molecule has 0 unspecified atom stereocenters. The molecular formula is C19H26O3. The minimum absolute atomic E-state index is 0.000871. The lowest BCUT2D eigenvalue weighted by Crippen LogP contribution is -2.57. The Balaban J connectivity index is 1.72. The smallest absolute Gasteiger partial charge is 0.139 e. The summed E-state index contributed by atoms with van der Waals surface area (Å²) in [4.78, 5) is 37.2. The van der Waals surface area contributed by atoms with Gasteiger partial charge in [0.2, 0.25) is 0 Å². The first-order valence-electron chi connectivity index (χ1n) is 8.94. The van der Waals surface area contributed by atoms with Crippen LogP contribution in [0.15, 0.2) is 0 Å². The van der Waals surface area contributed by atoms with Crippen molar-refractivity contribution in [3.63, 3.8) is 0 Å². The highest BCUT2D eigenvalue weighted by molar-refractivity contribution is 5.95. The maximum Gasteiger partial charge on any atom is 0.139 e. The molecule has 0 aromatic carbocycles. The number of carbonyl (C=O) groups is 3. The minimum Gasteiger partial charge on any atom is -0.300 e. The van der Waals surface area contributed by atoms with Gasteiger partial charge in [0.15, 0.2) is 0 Å². The van der Waals surface area contributed by atoms with E-state index >= 15 is 0 Å². The molecule has 4 aliphatic carbocycles. The highest BCUT2D eigenvalue weighted by atomic mass is 16.1. The van der Waals surface area contributed by atoms with Gasteiger partial charge in [-0.3, -0.25) is 14.4 Å². The van der Waals surface area contributed by atoms with Gasteiger partial charge in [-0.05, 0) is 48.9 Å². The zero-order chi connectivity index (χ0) is 15.7. The van der Waals surface area contributed by atoms with E-state index < -0.39 is 0 Å². The standard InChI is InChI=1S/C19H26O3/c1-18-8-7-12(20)9-11(18)3-4-13-14-5-6-16(22)19(14,2)10-15(21)17(13)18/h11,13-14,17H,3-10H2,1-2H3/t11-,13-,14-,17+,18+,19+/m1/s1. The number of ketones is 3. The van der Waals surface area contributed by atoms with Crippen LogP contribution < -0.4 is 0 Å². The number of hydrogen-bond acceptors (Lipinski definition) is 3. The van der Waals surface area contributed by atoms with Gasteiger partial charge in [-0.2, -0.15) is 0 Å². The van der Waals surface area contributed by atoms with Gasteiger partial charge >= 0.3 is 0 Å². The van der Waals surface area contributed by atoms with Gasteiger partial charge in [0, 0.05) is 37.0 Å². The van der Waals surface area contributed by atoms with Gasteiger partial charge < -0.3 is 0 Å². The zero-order valence-electron chi connectivity index (χ0n) is 13.7. The Kier molecular flexibility index (Phi) is 3.00. The number of carbonyl (C=O) groups excluding carboxylic acids is 3. The van der Waals surface area contributed by atoms with Gasteiger partial charge in [0.05, 0.1) is 0 Å². The Morgan fingerprint density at radius 1 is 1.00 bits per heavy atom. The maximum atomic E-state index is 13.0. The van der Waals surface area contributed by atoms with E-state index in [-0.39, 0.29) is 16.7 Å². The van der Waals surface area contributed by atoms with E-state index in [2.05, 4.69) is 6.92 Å². The highest BCUT2D eigenvalue weighted by Gasteiger charge is 2.63. The summed E-state index contributed by atoms with van der Waals surface area (Å²) in [5.41, 5.74) is -0.382. The van der Waals surface area contributed by atoms with Gasteiger partial charge in [-0.15, -0.1) is 0 Å². The molecule has 4 saturated carbocycles. The third kappa shape index (κ3) is 1.71. The number of hydrogen-bond donors (Lipinski definition) is 0. The van der Waals surface area contributed by atoms with E-state index in [1.54, 1.807) is 0 Å². The van der Waals surface area contributed by atoms with Crippen molar-refractivity contribution in [2.75, 3.05) is 0 Å². The summed E-state index contributed by atoms with van der Waals surface area (Å²) >= 11 is 0. The summed E-state index contributed by atoms with van der Waals surface area (Å²) in [6, 6.07) is 0. The van der Waals surface area contributed by atoms with Gasteiger partial charge in [-0.1, -0.05) is 13.8 Å². The molecule has 0 spiro atoms. The van der Waals surface area contributed by atoms with Crippen LogP contribution in [0.4, 0.5) is 0 Å². The molecule has 4 rings (SSSR count). The first-order valence-corrected chi connectivity index (χ1v) is 8.94. The molecule has 4 fully saturated rings. The lowest BCUT2D eigenvalue weighted by molar-refractivity contribution is -0.161. The van der Waals surface area contributed by atoms with Gasteiger partial charge in [0.1, 0.15) is 17.3 Å². The minimum atomic E-state index is -0.383. The molecule has 0 aliphatic heterocycles. The van der Waals surface area contributed by atoms with Gasteiger partial charge in [0.25, 0.3) is 0 Å². The van der Waals surface area contributed by atoms with E-state index in [9.17, 15) is 14.4 Å². The van der Waals surface area contributed by atoms with Crippen molar-refractivity contribution in [1.29, 1.82) is 0 Å². The fourth-order valence-electron chi connectivity index (χ4n) is 6.64. The SMILES string of the molecule is C[C@]12CCC(=O)C[C@H]1CC[C@H]1[C@H]2C(=O)C[C@]2(C)C(=O)CC[C@H]12. The van der Waals surface area contributed by atoms with E-state index in [1.165, 1.54) is 0 Å². The lowest BCUT2D eigenvalue weighted by Gasteiger charge is -2.58. The van der Waals surface area contributed by atoms with Crippen LogP contribution in [0, 0.1) is 34.5 Å². The Morgan fingerprint density at radius 2 is 1.77 bits per heavy atom. The predicted molar refractivity (Wildman–Crippen MR) is 82.1 cm³/mol. The van der Waals surface area contributed by atoms with Crippen LogP contribution in [0.3, 0.4) is 0 Å². The Labute approximate surface area is 132 Å². The van der Waals surface area contributed by atoms with Crippen LogP contribution >= 0.6 is 0 Å². The van der Waals surface area contributed by atoms with Crippen molar-refractivity contribution < 1.29 is 14.4 Å². The Morgan fingerprint density at radius 3 is 2.55 bits per heavy atom. The summed E-state index contributed by atoms with van der Waals surface area (Å²) in [6.07, 6.45) is 6.39. The second-order valence-electron chi connectivity index (χ2n) is 8.79. The van der Waals surface area contributed by atoms with Crippen molar-refractivity contribution in [3.8, 4) is 0 Å². The average Bonchev–Trinajstić information content (AvgIpc) is 2.75. The fourth-order valence-corrected chi connectivity index (χ4v) is 6.64. The van der Waals surface area contributed by atoms with Gasteiger partial charge in [-0.25, -0.2) is 0 Å². The number of Topliss-reactive ketones (excluding diaryl/α,β-unsaturated/α-hetero) is 3. The molecule has 6 atom stereocenters. The van der Waals surface area contributed by atoms with Crippen molar-refractivity contribution in [3.05, 3.63) is 0 Å². The average molecular weight is 302 g/mol. The first-order chi connectivity index (χ1) is 10.4. The maximum absolute atomic E-state index is 13.0. The Bertz CT molecular complexity index is 565. The Hall–Kier alpha value is -0.990. The number of fused-ring (bicyclic) bond motifs is 5. The summed E-state index contributed by atoms with van der Waals surface area (Å²) in [7, 11) is 0. The van der Waals surface area contributed by atoms with E-state index in [4.69, 9.17) is 0 Å². The van der Waals surface area contributed by atoms with Crippen LogP contribution in [0.2, 0.25) is 0 Å². The molecular weight excluding hydrogens is 276 g/mol. The molecule has 0 heterocycles. The number of rotatable bonds is 0. The molecule has 0 radical (unpaired) electrons.